The molecule has 0 atom stereocenters. The summed E-state index contributed by atoms with van der Waals surface area (Å²) in [6.07, 6.45) is 0. The number of aliphatic carboxylic acids is 1. The molecule has 1 rings (SSSR count). The van der Waals surface area contributed by atoms with Gasteiger partial charge in [-0.15, -0.1) is 0 Å². The Morgan fingerprint density at radius 1 is 1.47 bits per heavy atom. The van der Waals surface area contributed by atoms with Crippen LogP contribution in [0.15, 0.2) is 24.0 Å². The Labute approximate surface area is 89.8 Å². The van der Waals surface area contributed by atoms with Crippen molar-refractivity contribution in [2.45, 2.75) is 6.92 Å². The average Bonchev–Trinajstić information content (AvgIpc) is 2.15. The quantitative estimate of drug-likeness (QED) is 0.795. The summed E-state index contributed by atoms with van der Waals surface area (Å²) in [5, 5.41) is 8.37. The Balaban J connectivity index is 3.40. The van der Waals surface area contributed by atoms with Gasteiger partial charge in [-0.05, 0) is 19.1 Å². The van der Waals surface area contributed by atoms with Crippen molar-refractivity contribution >= 4 is 23.1 Å². The first-order valence-corrected chi connectivity index (χ1v) is 4.37. The largest absolute Gasteiger partial charge is 0.476 e. The topological polar surface area (TPSA) is 37.3 Å². The summed E-state index contributed by atoms with van der Waals surface area (Å²) < 4.78 is 26.3. The Kier molecular flexibility index (Phi) is 3.42. The number of hydrogen-bond donors (Lipinski definition) is 1. The van der Waals surface area contributed by atoms with Crippen molar-refractivity contribution in [1.29, 1.82) is 0 Å². The predicted molar refractivity (Wildman–Crippen MR) is 52.7 cm³/mol. The van der Waals surface area contributed by atoms with Gasteiger partial charge in [0.25, 0.3) is 0 Å². The lowest BCUT2D eigenvalue weighted by atomic mass is 10.1. The van der Waals surface area contributed by atoms with Crippen LogP contribution in [0, 0.1) is 5.82 Å². The molecule has 0 saturated carbocycles. The molecule has 0 saturated heterocycles. The van der Waals surface area contributed by atoms with Crippen molar-refractivity contribution in [3.63, 3.8) is 0 Å². The van der Waals surface area contributed by atoms with Crippen LogP contribution in [0.2, 0.25) is 5.02 Å². The second kappa shape index (κ2) is 4.40. The van der Waals surface area contributed by atoms with E-state index in [4.69, 9.17) is 16.7 Å². The minimum absolute atomic E-state index is 0.0242. The van der Waals surface area contributed by atoms with E-state index >= 15 is 0 Å². The number of benzene rings is 1. The molecular weight excluding hydrogens is 226 g/mol. The number of rotatable bonds is 2. The van der Waals surface area contributed by atoms with Crippen molar-refractivity contribution in [1.82, 2.24) is 0 Å². The van der Waals surface area contributed by atoms with Crippen LogP contribution in [-0.2, 0) is 4.79 Å². The van der Waals surface area contributed by atoms with Crippen LogP contribution in [0.3, 0.4) is 0 Å². The molecule has 0 fully saturated rings. The maximum atomic E-state index is 13.2. The molecule has 1 aromatic carbocycles. The van der Waals surface area contributed by atoms with Crippen molar-refractivity contribution < 1.29 is 18.7 Å². The van der Waals surface area contributed by atoms with Crippen molar-refractivity contribution in [3.8, 4) is 0 Å². The van der Waals surface area contributed by atoms with E-state index in [1.165, 1.54) is 12.1 Å². The van der Waals surface area contributed by atoms with Gasteiger partial charge in [-0.1, -0.05) is 17.7 Å². The van der Waals surface area contributed by atoms with Gasteiger partial charge in [0.05, 0.1) is 5.02 Å². The third-order valence-corrected chi connectivity index (χ3v) is 2.17. The van der Waals surface area contributed by atoms with E-state index in [0.29, 0.717) is 0 Å². The smallest absolute Gasteiger partial charge is 0.365 e. The summed E-state index contributed by atoms with van der Waals surface area (Å²) in [5.41, 5.74) is -0.551. The van der Waals surface area contributed by atoms with Gasteiger partial charge in [0.1, 0.15) is 5.82 Å². The fourth-order valence-corrected chi connectivity index (χ4v) is 1.43. The predicted octanol–water partition coefficient (Wildman–Crippen LogP) is 3.26. The second-order valence-corrected chi connectivity index (χ2v) is 3.25. The molecule has 0 aliphatic rings. The lowest BCUT2D eigenvalue weighted by molar-refractivity contribution is -0.134. The molecule has 0 spiro atoms. The Morgan fingerprint density at radius 3 is 2.53 bits per heavy atom. The normalized spacial score (nSPS) is 12.3. The minimum atomic E-state index is -1.74. The van der Waals surface area contributed by atoms with E-state index in [9.17, 15) is 13.6 Å². The second-order valence-electron chi connectivity index (χ2n) is 2.84. The Bertz CT molecular complexity index is 421. The monoisotopic (exact) mass is 232 g/mol. The standard InChI is InChI=1S/C10H7ClF2O2/c1-5(9(13)10(14)15)8-6(11)3-2-4-7(8)12/h2-4H,1H3,(H,14,15)/b9-5-. The number of halogens is 3. The number of allylic oxidation sites excluding steroid dienone is 1. The van der Waals surface area contributed by atoms with E-state index in [1.807, 2.05) is 0 Å². The lowest BCUT2D eigenvalue weighted by Crippen LogP contribution is -1.99. The summed E-state index contributed by atoms with van der Waals surface area (Å²) in [5.74, 6) is -3.91. The molecular formula is C10H7ClF2O2. The third-order valence-electron chi connectivity index (χ3n) is 1.85. The fraction of sp³-hybridized carbons (Fsp3) is 0.100. The zero-order valence-electron chi connectivity index (χ0n) is 7.72. The van der Waals surface area contributed by atoms with Gasteiger partial charge in [0.15, 0.2) is 0 Å². The number of carbonyl (C=O) groups is 1. The van der Waals surface area contributed by atoms with Crippen LogP contribution in [0.1, 0.15) is 12.5 Å². The lowest BCUT2D eigenvalue weighted by Gasteiger charge is -2.05. The molecule has 80 valence electrons. The molecule has 0 aliphatic carbocycles. The minimum Gasteiger partial charge on any atom is -0.476 e. The van der Waals surface area contributed by atoms with Crippen LogP contribution in [0.5, 0.6) is 0 Å². The molecule has 1 aromatic rings. The molecule has 0 aromatic heterocycles. The van der Waals surface area contributed by atoms with Gasteiger partial charge in [-0.2, -0.15) is 4.39 Å². The van der Waals surface area contributed by atoms with E-state index < -0.39 is 17.6 Å². The van der Waals surface area contributed by atoms with Crippen LogP contribution >= 0.6 is 11.6 Å². The molecule has 15 heavy (non-hydrogen) atoms. The maximum Gasteiger partial charge on any atom is 0.365 e. The molecule has 2 nitrogen and oxygen atoms in total. The van der Waals surface area contributed by atoms with Gasteiger partial charge in [0.2, 0.25) is 5.83 Å². The van der Waals surface area contributed by atoms with Crippen LogP contribution in [0.4, 0.5) is 8.78 Å². The summed E-state index contributed by atoms with van der Waals surface area (Å²) in [7, 11) is 0. The zero-order valence-corrected chi connectivity index (χ0v) is 8.48. The van der Waals surface area contributed by atoms with Gasteiger partial charge >= 0.3 is 5.97 Å². The third kappa shape index (κ3) is 2.33. The van der Waals surface area contributed by atoms with Crippen LogP contribution in [-0.4, -0.2) is 11.1 Å². The van der Waals surface area contributed by atoms with Gasteiger partial charge < -0.3 is 5.11 Å². The van der Waals surface area contributed by atoms with Gasteiger partial charge in [0, 0.05) is 11.1 Å². The molecule has 0 aliphatic heterocycles. The molecule has 0 bridgehead atoms. The number of carboxylic acids is 1. The van der Waals surface area contributed by atoms with Crippen molar-refractivity contribution in [3.05, 3.63) is 40.4 Å². The van der Waals surface area contributed by atoms with Gasteiger partial charge in [-0.3, -0.25) is 0 Å². The summed E-state index contributed by atoms with van der Waals surface area (Å²) in [4.78, 5) is 10.3. The first-order valence-electron chi connectivity index (χ1n) is 3.99. The van der Waals surface area contributed by atoms with E-state index in [0.717, 1.165) is 13.0 Å². The Hall–Kier alpha value is -1.42. The number of carboxylic acid groups (broad SMARTS) is 1. The van der Waals surface area contributed by atoms with E-state index in [1.54, 1.807) is 0 Å². The highest BCUT2D eigenvalue weighted by atomic mass is 35.5. The van der Waals surface area contributed by atoms with Crippen LogP contribution < -0.4 is 0 Å². The first-order chi connectivity index (χ1) is 6.95. The highest BCUT2D eigenvalue weighted by Gasteiger charge is 2.17. The number of hydrogen-bond acceptors (Lipinski definition) is 1. The molecule has 0 unspecified atom stereocenters. The highest BCUT2D eigenvalue weighted by molar-refractivity contribution is 6.32. The SMILES string of the molecule is C/C(=C(/F)C(=O)O)c1c(F)cccc1Cl. The van der Waals surface area contributed by atoms with E-state index in [2.05, 4.69) is 0 Å². The Morgan fingerprint density at radius 2 is 2.07 bits per heavy atom. The molecule has 5 heteroatoms. The van der Waals surface area contributed by atoms with E-state index in [-0.39, 0.29) is 16.2 Å². The maximum absolute atomic E-state index is 13.2. The van der Waals surface area contributed by atoms with Crippen LogP contribution in [0.25, 0.3) is 5.57 Å². The van der Waals surface area contributed by atoms with Gasteiger partial charge in [-0.25, -0.2) is 9.18 Å². The first kappa shape index (κ1) is 11.7. The molecule has 0 heterocycles. The van der Waals surface area contributed by atoms with Crippen molar-refractivity contribution in [2.24, 2.45) is 0 Å². The molecule has 1 N–H and O–H groups in total. The zero-order chi connectivity index (χ0) is 11.6. The molecule has 0 radical (unpaired) electrons. The highest BCUT2D eigenvalue weighted by Crippen LogP contribution is 2.28. The van der Waals surface area contributed by atoms with Crippen molar-refractivity contribution in [2.75, 3.05) is 0 Å². The summed E-state index contributed by atoms with van der Waals surface area (Å²) in [6, 6.07) is 3.80. The summed E-state index contributed by atoms with van der Waals surface area (Å²) in [6.45, 7) is 1.16. The molecule has 0 amide bonds. The fourth-order valence-electron chi connectivity index (χ4n) is 1.13. The average molecular weight is 233 g/mol. The summed E-state index contributed by atoms with van der Waals surface area (Å²) >= 11 is 5.64.